The Balaban J connectivity index is 4.36. The smallest absolute Gasteiger partial charge is 0.0994 e. The average Bonchev–Trinajstić information content (AvgIpc) is 1.98. The van der Waals surface area contributed by atoms with Gasteiger partial charge in [0.15, 0.2) is 0 Å². The Morgan fingerprint density at radius 1 is 0.909 bits per heavy atom. The lowest BCUT2D eigenvalue weighted by molar-refractivity contribution is 0.320. The summed E-state index contributed by atoms with van der Waals surface area (Å²) in [5, 5.41) is 18.9. The van der Waals surface area contributed by atoms with Crippen LogP contribution in [0.25, 0.3) is 0 Å². The Morgan fingerprint density at radius 2 is 1.45 bits per heavy atom. The molecule has 0 rings (SSSR count). The number of hydrogen-bond acceptors (Lipinski definition) is 4. The molecule has 0 aromatic rings. The summed E-state index contributed by atoms with van der Waals surface area (Å²) in [7, 11) is 0. The summed E-state index contributed by atoms with van der Waals surface area (Å²) in [6, 6.07) is 0. The molecule has 0 aliphatic heterocycles. The first-order valence-electron chi connectivity index (χ1n) is 3.32. The number of oxime groups is 1. The molecule has 0 spiro atoms. The quantitative estimate of drug-likeness (QED) is 0.368. The molecule has 0 aliphatic rings. The lowest BCUT2D eigenvalue weighted by Gasteiger charge is -1.92. The van der Waals surface area contributed by atoms with Crippen LogP contribution in [0.1, 0.15) is 27.7 Å². The molecule has 4 nitrogen and oxygen atoms in total. The van der Waals surface area contributed by atoms with Crippen molar-refractivity contribution in [3.63, 3.8) is 0 Å². The standard InChI is InChI=1S/C7H13N3O/c1-5(2)8-9-6(3)7(4)10-11/h11H,1-4H3/b9-6+,10-7-. The minimum absolute atomic E-state index is 0.481. The fraction of sp³-hybridized carbons (Fsp3) is 0.571. The van der Waals surface area contributed by atoms with Crippen molar-refractivity contribution < 1.29 is 5.21 Å². The van der Waals surface area contributed by atoms with Gasteiger partial charge in [-0.05, 0) is 27.7 Å². The molecule has 0 aromatic carbocycles. The summed E-state index contributed by atoms with van der Waals surface area (Å²) in [5.74, 6) is 0. The SMILES string of the molecule is CC(C)=N/N=C(C)/C(C)=N\O. The second-order valence-corrected chi connectivity index (χ2v) is 2.42. The second-order valence-electron chi connectivity index (χ2n) is 2.42. The van der Waals surface area contributed by atoms with Gasteiger partial charge >= 0.3 is 0 Å². The molecule has 0 heterocycles. The first-order valence-corrected chi connectivity index (χ1v) is 3.32. The number of nitrogens with zero attached hydrogens (tertiary/aromatic N) is 3. The van der Waals surface area contributed by atoms with E-state index < -0.39 is 0 Å². The molecule has 0 bridgehead atoms. The summed E-state index contributed by atoms with van der Waals surface area (Å²) in [5.41, 5.74) is 1.97. The van der Waals surface area contributed by atoms with Crippen molar-refractivity contribution in [2.75, 3.05) is 0 Å². The van der Waals surface area contributed by atoms with Crippen LogP contribution in [-0.4, -0.2) is 22.3 Å². The molecule has 62 valence electrons. The molecular weight excluding hydrogens is 142 g/mol. The average molecular weight is 155 g/mol. The monoisotopic (exact) mass is 155 g/mol. The summed E-state index contributed by atoms with van der Waals surface area (Å²) >= 11 is 0. The van der Waals surface area contributed by atoms with Gasteiger partial charge in [0.25, 0.3) is 0 Å². The third-order valence-corrected chi connectivity index (χ3v) is 1.07. The van der Waals surface area contributed by atoms with Crippen LogP contribution in [0.2, 0.25) is 0 Å². The highest BCUT2D eigenvalue weighted by Gasteiger charge is 1.94. The van der Waals surface area contributed by atoms with Crippen LogP contribution in [0.4, 0.5) is 0 Å². The molecule has 1 N–H and O–H groups in total. The van der Waals surface area contributed by atoms with E-state index in [1.54, 1.807) is 13.8 Å². The van der Waals surface area contributed by atoms with E-state index in [1.165, 1.54) is 0 Å². The van der Waals surface area contributed by atoms with E-state index in [0.29, 0.717) is 11.4 Å². The third kappa shape index (κ3) is 4.25. The molecule has 0 amide bonds. The van der Waals surface area contributed by atoms with E-state index >= 15 is 0 Å². The number of hydrogen-bond donors (Lipinski definition) is 1. The Hall–Kier alpha value is -1.19. The summed E-state index contributed by atoms with van der Waals surface area (Å²) in [6.07, 6.45) is 0. The summed E-state index contributed by atoms with van der Waals surface area (Å²) < 4.78 is 0. The van der Waals surface area contributed by atoms with Gasteiger partial charge in [0, 0.05) is 5.71 Å². The first kappa shape index (κ1) is 9.81. The fourth-order valence-electron chi connectivity index (χ4n) is 0.320. The van der Waals surface area contributed by atoms with Gasteiger partial charge in [0.05, 0.1) is 11.4 Å². The molecule has 0 aliphatic carbocycles. The van der Waals surface area contributed by atoms with Crippen molar-refractivity contribution in [3.8, 4) is 0 Å². The van der Waals surface area contributed by atoms with Crippen molar-refractivity contribution in [1.29, 1.82) is 0 Å². The van der Waals surface area contributed by atoms with Gasteiger partial charge in [0.2, 0.25) is 0 Å². The van der Waals surface area contributed by atoms with Crippen molar-refractivity contribution in [2.45, 2.75) is 27.7 Å². The van der Waals surface area contributed by atoms with Crippen LogP contribution >= 0.6 is 0 Å². The molecule has 0 saturated carbocycles. The van der Waals surface area contributed by atoms with Crippen molar-refractivity contribution in [1.82, 2.24) is 0 Å². The summed E-state index contributed by atoms with van der Waals surface area (Å²) in [6.45, 7) is 7.10. The molecular formula is C7H13N3O. The predicted molar refractivity (Wildman–Crippen MR) is 46.8 cm³/mol. The minimum atomic E-state index is 0.481. The Morgan fingerprint density at radius 3 is 1.82 bits per heavy atom. The zero-order valence-electron chi connectivity index (χ0n) is 7.29. The minimum Gasteiger partial charge on any atom is -0.411 e. The van der Waals surface area contributed by atoms with E-state index in [1.807, 2.05) is 13.8 Å². The highest BCUT2D eigenvalue weighted by Crippen LogP contribution is 1.85. The maximum absolute atomic E-state index is 8.33. The van der Waals surface area contributed by atoms with Gasteiger partial charge in [-0.3, -0.25) is 0 Å². The third-order valence-electron chi connectivity index (χ3n) is 1.07. The molecule has 0 saturated heterocycles. The fourth-order valence-corrected chi connectivity index (χ4v) is 0.320. The largest absolute Gasteiger partial charge is 0.411 e. The van der Waals surface area contributed by atoms with E-state index in [4.69, 9.17) is 5.21 Å². The van der Waals surface area contributed by atoms with Gasteiger partial charge in [-0.25, -0.2) is 0 Å². The van der Waals surface area contributed by atoms with Gasteiger partial charge < -0.3 is 5.21 Å². The molecule has 0 atom stereocenters. The van der Waals surface area contributed by atoms with Crippen molar-refractivity contribution in [3.05, 3.63) is 0 Å². The molecule has 4 heteroatoms. The maximum Gasteiger partial charge on any atom is 0.0994 e. The van der Waals surface area contributed by atoms with Gasteiger partial charge in [-0.2, -0.15) is 10.2 Å². The lowest BCUT2D eigenvalue weighted by Crippen LogP contribution is -2.04. The number of rotatable bonds is 2. The highest BCUT2D eigenvalue weighted by molar-refractivity contribution is 6.40. The van der Waals surface area contributed by atoms with Crippen LogP contribution < -0.4 is 0 Å². The zero-order valence-corrected chi connectivity index (χ0v) is 7.29. The molecule has 0 unspecified atom stereocenters. The Kier molecular flexibility index (Phi) is 4.10. The van der Waals surface area contributed by atoms with Crippen molar-refractivity contribution in [2.24, 2.45) is 15.4 Å². The maximum atomic E-state index is 8.33. The topological polar surface area (TPSA) is 57.3 Å². The normalized spacial score (nSPS) is 13.1. The van der Waals surface area contributed by atoms with E-state index in [0.717, 1.165) is 5.71 Å². The van der Waals surface area contributed by atoms with E-state index in [-0.39, 0.29) is 0 Å². The van der Waals surface area contributed by atoms with Gasteiger partial charge in [-0.15, -0.1) is 0 Å². The predicted octanol–water partition coefficient (Wildman–Crippen LogP) is 1.69. The first-order chi connectivity index (χ1) is 5.07. The van der Waals surface area contributed by atoms with Crippen LogP contribution in [-0.2, 0) is 0 Å². The molecule has 11 heavy (non-hydrogen) atoms. The van der Waals surface area contributed by atoms with Crippen LogP contribution in [0.5, 0.6) is 0 Å². The molecule has 0 radical (unpaired) electrons. The zero-order chi connectivity index (χ0) is 8.85. The van der Waals surface area contributed by atoms with Crippen molar-refractivity contribution >= 4 is 17.1 Å². The highest BCUT2D eigenvalue weighted by atomic mass is 16.4. The lowest BCUT2D eigenvalue weighted by atomic mass is 10.3. The Labute approximate surface area is 66.3 Å². The second kappa shape index (κ2) is 4.60. The van der Waals surface area contributed by atoms with E-state index in [9.17, 15) is 0 Å². The van der Waals surface area contributed by atoms with Gasteiger partial charge in [-0.1, -0.05) is 5.16 Å². The summed E-state index contributed by atoms with van der Waals surface area (Å²) in [4.78, 5) is 0. The molecule has 0 fully saturated rings. The van der Waals surface area contributed by atoms with Crippen LogP contribution in [0.15, 0.2) is 15.4 Å². The Bertz CT molecular complexity index is 212. The van der Waals surface area contributed by atoms with Gasteiger partial charge in [0.1, 0.15) is 0 Å². The van der Waals surface area contributed by atoms with Crippen LogP contribution in [0, 0.1) is 0 Å². The van der Waals surface area contributed by atoms with Crippen LogP contribution in [0.3, 0.4) is 0 Å². The van der Waals surface area contributed by atoms with E-state index in [2.05, 4.69) is 15.4 Å². The molecule has 0 aromatic heterocycles.